The number of aryl methyl sites for hydroxylation is 3. The van der Waals surface area contributed by atoms with E-state index in [9.17, 15) is 10.1 Å². The number of anilines is 1. The van der Waals surface area contributed by atoms with Crippen molar-refractivity contribution in [2.24, 2.45) is 0 Å². The standard InChI is InChI=1S/C16H21N5OS2/c1-9-12(7-17)15(20-13(9)5-6-23-4)21-14(22)8-24-16-18-10(2)11(3)19-16/h20H,5-6,8H2,1-4H3,(H,18,19)(H,21,22). The van der Waals surface area contributed by atoms with Crippen molar-refractivity contribution in [3.8, 4) is 6.07 Å². The Balaban J connectivity index is 2.01. The highest BCUT2D eigenvalue weighted by atomic mass is 32.2. The van der Waals surface area contributed by atoms with Crippen LogP contribution in [0, 0.1) is 32.1 Å². The van der Waals surface area contributed by atoms with Crippen LogP contribution in [-0.2, 0) is 11.2 Å². The van der Waals surface area contributed by atoms with Gasteiger partial charge in [0.05, 0.1) is 17.0 Å². The van der Waals surface area contributed by atoms with Crippen molar-refractivity contribution >= 4 is 35.2 Å². The minimum Gasteiger partial charge on any atom is -0.344 e. The average Bonchev–Trinajstić information content (AvgIpc) is 3.02. The van der Waals surface area contributed by atoms with Gasteiger partial charge in [-0.3, -0.25) is 4.79 Å². The van der Waals surface area contributed by atoms with Crippen LogP contribution in [0.3, 0.4) is 0 Å². The van der Waals surface area contributed by atoms with Crippen LogP contribution >= 0.6 is 23.5 Å². The number of rotatable bonds is 7. The second kappa shape index (κ2) is 8.31. The summed E-state index contributed by atoms with van der Waals surface area (Å²) < 4.78 is 0. The number of thioether (sulfide) groups is 2. The first-order valence-electron chi connectivity index (χ1n) is 7.52. The van der Waals surface area contributed by atoms with E-state index in [1.54, 1.807) is 11.8 Å². The predicted molar refractivity (Wildman–Crippen MR) is 99.7 cm³/mol. The number of nitrogens with zero attached hydrogens (tertiary/aromatic N) is 2. The third-order valence-corrected chi connectivity index (χ3v) is 5.22. The van der Waals surface area contributed by atoms with Gasteiger partial charge in [-0.25, -0.2) is 4.98 Å². The van der Waals surface area contributed by atoms with Crippen LogP contribution in [-0.4, -0.2) is 38.6 Å². The monoisotopic (exact) mass is 363 g/mol. The normalized spacial score (nSPS) is 10.6. The van der Waals surface area contributed by atoms with Crippen molar-refractivity contribution in [3.05, 3.63) is 28.2 Å². The minimum absolute atomic E-state index is 0.166. The van der Waals surface area contributed by atoms with Crippen molar-refractivity contribution in [1.82, 2.24) is 15.0 Å². The molecule has 0 atom stereocenters. The van der Waals surface area contributed by atoms with E-state index in [1.165, 1.54) is 11.8 Å². The van der Waals surface area contributed by atoms with Gasteiger partial charge in [-0.15, -0.1) is 0 Å². The summed E-state index contributed by atoms with van der Waals surface area (Å²) in [6.45, 7) is 5.78. The Labute approximate surface area is 150 Å². The molecule has 0 aliphatic carbocycles. The van der Waals surface area contributed by atoms with E-state index in [2.05, 4.69) is 26.3 Å². The zero-order valence-electron chi connectivity index (χ0n) is 14.2. The lowest BCUT2D eigenvalue weighted by Gasteiger charge is -2.02. The Morgan fingerprint density at radius 2 is 2.08 bits per heavy atom. The molecule has 2 rings (SSSR count). The van der Waals surface area contributed by atoms with Gasteiger partial charge in [0.15, 0.2) is 5.16 Å². The zero-order valence-corrected chi connectivity index (χ0v) is 15.9. The van der Waals surface area contributed by atoms with E-state index in [-0.39, 0.29) is 11.7 Å². The van der Waals surface area contributed by atoms with E-state index in [4.69, 9.17) is 0 Å². The number of carbonyl (C=O) groups is 1. The van der Waals surface area contributed by atoms with Gasteiger partial charge in [-0.1, -0.05) is 11.8 Å². The van der Waals surface area contributed by atoms with Crippen LogP contribution in [0.4, 0.5) is 5.82 Å². The summed E-state index contributed by atoms with van der Waals surface area (Å²) in [5.41, 5.74) is 4.35. The summed E-state index contributed by atoms with van der Waals surface area (Å²) >= 11 is 3.09. The van der Waals surface area contributed by atoms with Crippen LogP contribution in [0.2, 0.25) is 0 Å². The number of imidazole rings is 1. The summed E-state index contributed by atoms with van der Waals surface area (Å²) in [5, 5.41) is 12.9. The molecule has 0 aliphatic heterocycles. The lowest BCUT2D eigenvalue weighted by Crippen LogP contribution is -2.15. The first kappa shape index (κ1) is 18.5. The maximum atomic E-state index is 12.2. The molecule has 128 valence electrons. The number of H-pyrrole nitrogens is 2. The number of nitriles is 1. The van der Waals surface area contributed by atoms with Gasteiger partial charge in [0.1, 0.15) is 11.9 Å². The molecule has 0 unspecified atom stereocenters. The van der Waals surface area contributed by atoms with E-state index in [0.29, 0.717) is 11.4 Å². The summed E-state index contributed by atoms with van der Waals surface area (Å²) in [6, 6.07) is 2.17. The fourth-order valence-electron chi connectivity index (χ4n) is 2.23. The summed E-state index contributed by atoms with van der Waals surface area (Å²) in [4.78, 5) is 22.8. The van der Waals surface area contributed by atoms with E-state index < -0.39 is 0 Å². The number of aromatic nitrogens is 3. The maximum Gasteiger partial charge on any atom is 0.235 e. The minimum atomic E-state index is -0.166. The third-order valence-electron chi connectivity index (χ3n) is 3.73. The predicted octanol–water partition coefficient (Wildman–Crippen LogP) is 3.17. The topological polar surface area (TPSA) is 97.4 Å². The molecular weight excluding hydrogens is 342 g/mol. The molecular formula is C16H21N5OS2. The number of hydrogen-bond acceptors (Lipinski definition) is 5. The highest BCUT2D eigenvalue weighted by molar-refractivity contribution is 7.99. The van der Waals surface area contributed by atoms with E-state index in [0.717, 1.165) is 40.0 Å². The Bertz CT molecular complexity index is 753. The molecule has 2 aromatic rings. The van der Waals surface area contributed by atoms with Crippen molar-refractivity contribution in [2.45, 2.75) is 32.3 Å². The molecule has 0 saturated carbocycles. The van der Waals surface area contributed by atoms with Crippen LogP contribution < -0.4 is 5.32 Å². The molecule has 0 saturated heterocycles. The molecule has 0 fully saturated rings. The van der Waals surface area contributed by atoms with E-state index in [1.807, 2.05) is 27.0 Å². The van der Waals surface area contributed by atoms with Crippen molar-refractivity contribution < 1.29 is 4.79 Å². The second-order valence-corrected chi connectivity index (χ2v) is 7.37. The molecule has 0 aliphatic rings. The molecule has 0 aromatic carbocycles. The van der Waals surface area contributed by atoms with Crippen molar-refractivity contribution in [3.63, 3.8) is 0 Å². The highest BCUT2D eigenvalue weighted by Crippen LogP contribution is 2.24. The molecule has 8 heteroatoms. The number of carbonyl (C=O) groups excluding carboxylic acids is 1. The number of amides is 1. The Hall–Kier alpha value is -1.85. The van der Waals surface area contributed by atoms with Crippen molar-refractivity contribution in [2.75, 3.05) is 23.1 Å². The van der Waals surface area contributed by atoms with Crippen molar-refractivity contribution in [1.29, 1.82) is 5.26 Å². The largest absolute Gasteiger partial charge is 0.344 e. The first-order valence-corrected chi connectivity index (χ1v) is 9.90. The van der Waals surface area contributed by atoms with Crippen LogP contribution in [0.15, 0.2) is 5.16 Å². The maximum absolute atomic E-state index is 12.2. The van der Waals surface area contributed by atoms with Gasteiger partial charge in [0.2, 0.25) is 5.91 Å². The fourth-order valence-corrected chi connectivity index (χ4v) is 3.40. The number of nitrogens with one attached hydrogen (secondary N) is 3. The molecule has 2 aromatic heterocycles. The molecule has 2 heterocycles. The summed E-state index contributed by atoms with van der Waals surface area (Å²) in [7, 11) is 0. The molecule has 6 nitrogen and oxygen atoms in total. The van der Waals surface area contributed by atoms with Gasteiger partial charge < -0.3 is 15.3 Å². The molecule has 1 amide bonds. The van der Waals surface area contributed by atoms with Crippen LogP contribution in [0.25, 0.3) is 0 Å². The molecule has 3 N–H and O–H groups in total. The quantitative estimate of drug-likeness (QED) is 0.657. The van der Waals surface area contributed by atoms with Gasteiger partial charge in [0.25, 0.3) is 0 Å². The highest BCUT2D eigenvalue weighted by Gasteiger charge is 2.16. The summed E-state index contributed by atoms with van der Waals surface area (Å²) in [6.07, 6.45) is 2.89. The third kappa shape index (κ3) is 4.36. The lowest BCUT2D eigenvalue weighted by atomic mass is 10.1. The van der Waals surface area contributed by atoms with Crippen LogP contribution in [0.1, 0.15) is 28.2 Å². The molecule has 0 spiro atoms. The molecule has 24 heavy (non-hydrogen) atoms. The molecule has 0 bridgehead atoms. The van der Waals surface area contributed by atoms with Gasteiger partial charge in [0, 0.05) is 11.4 Å². The van der Waals surface area contributed by atoms with E-state index >= 15 is 0 Å². The van der Waals surface area contributed by atoms with Crippen LogP contribution in [0.5, 0.6) is 0 Å². The van der Waals surface area contributed by atoms with Gasteiger partial charge in [-0.05, 0) is 44.8 Å². The number of hydrogen-bond donors (Lipinski definition) is 3. The zero-order chi connectivity index (χ0) is 17.7. The second-order valence-electron chi connectivity index (χ2n) is 5.42. The Kier molecular flexibility index (Phi) is 6.40. The Morgan fingerprint density at radius 3 is 2.67 bits per heavy atom. The smallest absolute Gasteiger partial charge is 0.235 e. The lowest BCUT2D eigenvalue weighted by molar-refractivity contribution is -0.113. The fraction of sp³-hybridized carbons (Fsp3) is 0.438. The van der Waals surface area contributed by atoms with Gasteiger partial charge >= 0.3 is 0 Å². The average molecular weight is 364 g/mol. The molecule has 0 radical (unpaired) electrons. The number of aromatic amines is 2. The SMILES string of the molecule is CSCCc1[nH]c(NC(=O)CSc2nc(C)c(C)[nH]2)c(C#N)c1C. The Morgan fingerprint density at radius 1 is 1.33 bits per heavy atom. The van der Waals surface area contributed by atoms with Gasteiger partial charge in [-0.2, -0.15) is 17.0 Å². The summed E-state index contributed by atoms with van der Waals surface area (Å²) in [5.74, 6) is 1.52. The first-order chi connectivity index (χ1) is 11.5.